The molecular formula is C7H8N2O. The van der Waals surface area contributed by atoms with E-state index in [2.05, 4.69) is 4.98 Å². The Bertz CT molecular complexity index is 246. The molecule has 0 saturated carbocycles. The number of hydrogen-bond donors (Lipinski definition) is 0. The lowest BCUT2D eigenvalue weighted by atomic mass is 10.4. The first-order valence-electron chi connectivity index (χ1n) is 3.17. The van der Waals surface area contributed by atoms with Crippen molar-refractivity contribution < 1.29 is 4.42 Å². The summed E-state index contributed by atoms with van der Waals surface area (Å²) in [6, 6.07) is 1.97. The highest BCUT2D eigenvalue weighted by Crippen LogP contribution is 2.03. The Hall–Kier alpha value is -1.30. The Kier molecular flexibility index (Phi) is 2.06. The second kappa shape index (κ2) is 3.02. The molecule has 0 aliphatic rings. The van der Waals surface area contributed by atoms with E-state index >= 15 is 0 Å². The van der Waals surface area contributed by atoms with E-state index in [1.54, 1.807) is 6.20 Å². The van der Waals surface area contributed by atoms with Crippen molar-refractivity contribution in [1.82, 2.24) is 4.98 Å². The molecule has 0 atom stereocenters. The first-order chi connectivity index (χ1) is 4.86. The zero-order chi connectivity index (χ0) is 7.40. The van der Waals surface area contributed by atoms with E-state index in [0.29, 0.717) is 5.89 Å². The summed E-state index contributed by atoms with van der Waals surface area (Å²) in [5.74, 6) is 1.35. The van der Waals surface area contributed by atoms with Gasteiger partial charge < -0.3 is 4.42 Å². The number of aromatic nitrogens is 1. The van der Waals surface area contributed by atoms with Gasteiger partial charge in [-0.05, 0) is 0 Å². The summed E-state index contributed by atoms with van der Waals surface area (Å²) in [6.45, 7) is 1.98. The minimum absolute atomic E-state index is 0.264. The van der Waals surface area contributed by atoms with E-state index in [4.69, 9.17) is 9.68 Å². The fourth-order valence-electron chi connectivity index (χ4n) is 0.661. The van der Waals surface area contributed by atoms with Crippen LogP contribution in [0.5, 0.6) is 0 Å². The average molecular weight is 136 g/mol. The number of hydrogen-bond acceptors (Lipinski definition) is 3. The monoisotopic (exact) mass is 136 g/mol. The van der Waals surface area contributed by atoms with Crippen LogP contribution in [0.2, 0.25) is 0 Å². The molecule has 0 bridgehead atoms. The topological polar surface area (TPSA) is 49.8 Å². The molecule has 0 N–H and O–H groups in total. The second-order valence-corrected chi connectivity index (χ2v) is 1.91. The molecule has 3 heteroatoms. The number of nitrogens with zero attached hydrogens (tertiary/aromatic N) is 2. The molecule has 1 rings (SSSR count). The van der Waals surface area contributed by atoms with Gasteiger partial charge in [-0.25, -0.2) is 4.98 Å². The van der Waals surface area contributed by atoms with Crippen molar-refractivity contribution in [2.45, 2.75) is 19.8 Å². The first-order valence-corrected chi connectivity index (χ1v) is 3.17. The van der Waals surface area contributed by atoms with Gasteiger partial charge in [0.25, 0.3) is 0 Å². The Morgan fingerprint density at radius 3 is 3.10 bits per heavy atom. The lowest BCUT2D eigenvalue weighted by molar-refractivity contribution is 0.471. The van der Waals surface area contributed by atoms with Crippen molar-refractivity contribution >= 4 is 0 Å². The van der Waals surface area contributed by atoms with Gasteiger partial charge in [-0.3, -0.25) is 0 Å². The molecule has 3 nitrogen and oxygen atoms in total. The van der Waals surface area contributed by atoms with E-state index in [1.165, 1.54) is 0 Å². The molecule has 1 aromatic heterocycles. The standard InChI is InChI=1S/C7H8N2O/c1-2-6-5-9-7(10-6)3-4-8/h5H,2-3H2,1H3. The molecule has 0 unspecified atom stereocenters. The molecule has 52 valence electrons. The van der Waals surface area contributed by atoms with E-state index < -0.39 is 0 Å². The maximum absolute atomic E-state index is 8.25. The van der Waals surface area contributed by atoms with Crippen molar-refractivity contribution in [2.24, 2.45) is 0 Å². The number of aryl methyl sites for hydroxylation is 1. The van der Waals surface area contributed by atoms with Crippen LogP contribution in [0.4, 0.5) is 0 Å². The minimum Gasteiger partial charge on any atom is -0.445 e. The molecule has 1 aromatic rings. The SMILES string of the molecule is CCc1cnc(CC#N)o1. The first kappa shape index (κ1) is 6.81. The van der Waals surface area contributed by atoms with Crippen molar-refractivity contribution in [2.75, 3.05) is 0 Å². The number of nitriles is 1. The van der Waals surface area contributed by atoms with Crippen LogP contribution in [-0.2, 0) is 12.8 Å². The summed E-state index contributed by atoms with van der Waals surface area (Å²) in [4.78, 5) is 3.89. The molecule has 0 saturated heterocycles. The van der Waals surface area contributed by atoms with Crippen LogP contribution in [0.1, 0.15) is 18.6 Å². The molecule has 0 radical (unpaired) electrons. The van der Waals surface area contributed by atoms with Gasteiger partial charge in [0.15, 0.2) is 0 Å². The van der Waals surface area contributed by atoms with Gasteiger partial charge in [0.05, 0.1) is 12.3 Å². The smallest absolute Gasteiger partial charge is 0.208 e. The molecule has 1 heterocycles. The number of oxazole rings is 1. The molecule has 0 aliphatic heterocycles. The van der Waals surface area contributed by atoms with Crippen molar-refractivity contribution in [3.63, 3.8) is 0 Å². The summed E-state index contributed by atoms with van der Waals surface area (Å²) < 4.78 is 5.14. The Morgan fingerprint density at radius 2 is 2.60 bits per heavy atom. The van der Waals surface area contributed by atoms with Crippen molar-refractivity contribution in [1.29, 1.82) is 5.26 Å². The van der Waals surface area contributed by atoms with Crippen LogP contribution in [-0.4, -0.2) is 4.98 Å². The fourth-order valence-corrected chi connectivity index (χ4v) is 0.661. The molecule has 0 amide bonds. The molecule has 0 fully saturated rings. The Morgan fingerprint density at radius 1 is 1.80 bits per heavy atom. The van der Waals surface area contributed by atoms with Gasteiger partial charge in [-0.2, -0.15) is 5.26 Å². The summed E-state index contributed by atoms with van der Waals surface area (Å²) >= 11 is 0. The zero-order valence-corrected chi connectivity index (χ0v) is 5.79. The van der Waals surface area contributed by atoms with Gasteiger partial charge in [0.2, 0.25) is 5.89 Å². The van der Waals surface area contributed by atoms with Gasteiger partial charge in [0.1, 0.15) is 12.2 Å². The number of rotatable bonds is 2. The summed E-state index contributed by atoms with van der Waals surface area (Å²) in [6.07, 6.45) is 2.76. The predicted molar refractivity (Wildman–Crippen MR) is 35.2 cm³/mol. The molecule has 0 spiro atoms. The second-order valence-electron chi connectivity index (χ2n) is 1.91. The normalized spacial score (nSPS) is 9.20. The van der Waals surface area contributed by atoms with Crippen molar-refractivity contribution in [3.8, 4) is 6.07 Å². The van der Waals surface area contributed by atoms with Gasteiger partial charge in [-0.15, -0.1) is 0 Å². The maximum Gasteiger partial charge on any atom is 0.208 e. The van der Waals surface area contributed by atoms with Crippen LogP contribution in [0.15, 0.2) is 10.6 Å². The van der Waals surface area contributed by atoms with Crippen LogP contribution in [0.3, 0.4) is 0 Å². The van der Waals surface area contributed by atoms with E-state index in [9.17, 15) is 0 Å². The third kappa shape index (κ3) is 1.35. The summed E-state index contributed by atoms with van der Waals surface area (Å²) in [7, 11) is 0. The van der Waals surface area contributed by atoms with Crippen LogP contribution in [0, 0.1) is 11.3 Å². The molecular weight excluding hydrogens is 128 g/mol. The molecule has 10 heavy (non-hydrogen) atoms. The minimum atomic E-state index is 0.264. The largest absolute Gasteiger partial charge is 0.445 e. The van der Waals surface area contributed by atoms with Gasteiger partial charge in [0, 0.05) is 6.42 Å². The zero-order valence-electron chi connectivity index (χ0n) is 5.79. The molecule has 0 aliphatic carbocycles. The Labute approximate surface area is 59.3 Å². The average Bonchev–Trinajstić information content (AvgIpc) is 2.37. The quantitative estimate of drug-likeness (QED) is 0.615. The predicted octanol–water partition coefficient (Wildman–Crippen LogP) is 1.30. The van der Waals surface area contributed by atoms with E-state index in [0.717, 1.165) is 12.2 Å². The van der Waals surface area contributed by atoms with Crippen LogP contribution >= 0.6 is 0 Å². The summed E-state index contributed by atoms with van der Waals surface area (Å²) in [5, 5.41) is 8.25. The van der Waals surface area contributed by atoms with Crippen LogP contribution in [0.25, 0.3) is 0 Å². The third-order valence-corrected chi connectivity index (χ3v) is 1.18. The molecule has 0 aromatic carbocycles. The highest BCUT2D eigenvalue weighted by Gasteiger charge is 1.99. The Balaban J connectivity index is 2.70. The lowest BCUT2D eigenvalue weighted by Gasteiger charge is -1.83. The van der Waals surface area contributed by atoms with Gasteiger partial charge >= 0.3 is 0 Å². The fraction of sp³-hybridized carbons (Fsp3) is 0.429. The summed E-state index contributed by atoms with van der Waals surface area (Å²) in [5.41, 5.74) is 0. The third-order valence-electron chi connectivity index (χ3n) is 1.18. The lowest BCUT2D eigenvalue weighted by Crippen LogP contribution is -1.77. The highest BCUT2D eigenvalue weighted by atomic mass is 16.4. The highest BCUT2D eigenvalue weighted by molar-refractivity contribution is 4.97. The van der Waals surface area contributed by atoms with Crippen molar-refractivity contribution in [3.05, 3.63) is 17.8 Å². The van der Waals surface area contributed by atoms with E-state index in [-0.39, 0.29) is 6.42 Å². The van der Waals surface area contributed by atoms with Crippen LogP contribution < -0.4 is 0 Å². The van der Waals surface area contributed by atoms with E-state index in [1.807, 2.05) is 13.0 Å². The maximum atomic E-state index is 8.25. The van der Waals surface area contributed by atoms with Gasteiger partial charge in [-0.1, -0.05) is 6.92 Å².